The molecular weight excluding hydrogens is 261 g/mol. The minimum Gasteiger partial charge on any atom is -0.482 e. The summed E-state index contributed by atoms with van der Waals surface area (Å²) < 4.78 is 19.3. The second kappa shape index (κ2) is 5.28. The summed E-state index contributed by atoms with van der Waals surface area (Å²) in [7, 11) is 0. The van der Waals surface area contributed by atoms with Gasteiger partial charge in [0.05, 0.1) is 0 Å². The molecule has 0 bridgehead atoms. The fourth-order valence-electron chi connectivity index (χ4n) is 1.88. The van der Waals surface area contributed by atoms with Gasteiger partial charge in [-0.15, -0.1) is 0 Å². The number of pyridine rings is 1. The lowest BCUT2D eigenvalue weighted by molar-refractivity contribution is 0.0665. The Kier molecular flexibility index (Phi) is 3.70. The number of aromatic carboxylic acids is 1. The van der Waals surface area contributed by atoms with Crippen molar-refractivity contribution in [3.05, 3.63) is 59.7 Å². The van der Waals surface area contributed by atoms with Crippen LogP contribution in [-0.2, 0) is 5.60 Å². The molecule has 0 aliphatic carbocycles. The minimum absolute atomic E-state index is 0.000637. The van der Waals surface area contributed by atoms with E-state index in [4.69, 9.17) is 9.84 Å². The van der Waals surface area contributed by atoms with E-state index in [1.54, 1.807) is 38.4 Å². The second-order valence-electron chi connectivity index (χ2n) is 4.77. The molecule has 0 radical (unpaired) electrons. The summed E-state index contributed by atoms with van der Waals surface area (Å²) in [6.45, 7) is 3.55. The molecule has 20 heavy (non-hydrogen) atoms. The van der Waals surface area contributed by atoms with Gasteiger partial charge < -0.3 is 9.84 Å². The van der Waals surface area contributed by atoms with Gasteiger partial charge in [0.1, 0.15) is 22.7 Å². The average molecular weight is 275 g/mol. The van der Waals surface area contributed by atoms with Crippen molar-refractivity contribution in [3.8, 4) is 5.75 Å². The maximum Gasteiger partial charge on any atom is 0.342 e. The number of ether oxygens (including phenoxy) is 1. The van der Waals surface area contributed by atoms with Crippen LogP contribution in [0.4, 0.5) is 4.39 Å². The third-order valence-corrected chi connectivity index (χ3v) is 2.93. The van der Waals surface area contributed by atoms with Crippen LogP contribution < -0.4 is 4.74 Å². The molecule has 2 rings (SSSR count). The van der Waals surface area contributed by atoms with Crippen molar-refractivity contribution in [2.45, 2.75) is 19.4 Å². The van der Waals surface area contributed by atoms with Crippen LogP contribution in [0.25, 0.3) is 0 Å². The van der Waals surface area contributed by atoms with Crippen LogP contribution in [0.1, 0.15) is 29.8 Å². The molecule has 0 aliphatic rings. The number of rotatable bonds is 4. The van der Waals surface area contributed by atoms with Gasteiger partial charge in [0.15, 0.2) is 0 Å². The molecule has 1 heterocycles. The first kappa shape index (κ1) is 14.0. The molecule has 104 valence electrons. The average Bonchev–Trinajstić information content (AvgIpc) is 2.39. The number of carbonyl (C=O) groups is 1. The Balaban J connectivity index is 2.40. The van der Waals surface area contributed by atoms with Crippen molar-refractivity contribution in [1.82, 2.24) is 4.98 Å². The van der Waals surface area contributed by atoms with E-state index in [2.05, 4.69) is 4.98 Å². The molecule has 0 amide bonds. The number of hydrogen-bond donors (Lipinski definition) is 1. The highest BCUT2D eigenvalue weighted by Crippen LogP contribution is 2.30. The smallest absolute Gasteiger partial charge is 0.342 e. The number of benzene rings is 1. The molecule has 2 aromatic rings. The largest absolute Gasteiger partial charge is 0.482 e. The number of carboxylic acid groups (broad SMARTS) is 1. The Morgan fingerprint density at radius 3 is 2.50 bits per heavy atom. The Morgan fingerprint density at radius 1 is 1.25 bits per heavy atom. The van der Waals surface area contributed by atoms with Crippen molar-refractivity contribution in [2.24, 2.45) is 0 Å². The highest BCUT2D eigenvalue weighted by atomic mass is 19.1. The minimum atomic E-state index is -1.36. The first-order valence-electron chi connectivity index (χ1n) is 6.03. The first-order chi connectivity index (χ1) is 9.42. The van der Waals surface area contributed by atoms with Crippen LogP contribution in [0.15, 0.2) is 42.7 Å². The van der Waals surface area contributed by atoms with E-state index in [0.29, 0.717) is 0 Å². The van der Waals surface area contributed by atoms with E-state index >= 15 is 0 Å². The van der Waals surface area contributed by atoms with Crippen LogP contribution in [0.3, 0.4) is 0 Å². The van der Waals surface area contributed by atoms with Crippen LogP contribution in [0.2, 0.25) is 0 Å². The Hall–Kier alpha value is -2.43. The van der Waals surface area contributed by atoms with Crippen LogP contribution in [-0.4, -0.2) is 16.1 Å². The van der Waals surface area contributed by atoms with E-state index in [1.807, 2.05) is 0 Å². The highest BCUT2D eigenvalue weighted by Gasteiger charge is 2.26. The Labute approximate surface area is 115 Å². The third kappa shape index (κ3) is 2.77. The topological polar surface area (TPSA) is 59.4 Å². The van der Waals surface area contributed by atoms with Gasteiger partial charge in [-0.3, -0.25) is 4.98 Å². The molecule has 0 saturated carbocycles. The zero-order valence-electron chi connectivity index (χ0n) is 11.1. The van der Waals surface area contributed by atoms with E-state index in [0.717, 1.165) is 11.6 Å². The molecule has 0 spiro atoms. The predicted molar refractivity (Wildman–Crippen MR) is 71.3 cm³/mol. The summed E-state index contributed by atoms with van der Waals surface area (Å²) in [6.07, 6.45) is 3.23. The molecule has 0 atom stereocenters. The molecule has 0 saturated heterocycles. The molecule has 0 unspecified atom stereocenters. The first-order valence-corrected chi connectivity index (χ1v) is 6.03. The van der Waals surface area contributed by atoms with E-state index < -0.39 is 23.0 Å². The van der Waals surface area contributed by atoms with Crippen LogP contribution in [0.5, 0.6) is 5.75 Å². The van der Waals surface area contributed by atoms with Crippen molar-refractivity contribution >= 4 is 5.97 Å². The lowest BCUT2D eigenvalue weighted by Crippen LogP contribution is -2.26. The lowest BCUT2D eigenvalue weighted by atomic mass is 9.99. The van der Waals surface area contributed by atoms with Crippen molar-refractivity contribution in [3.63, 3.8) is 0 Å². The molecule has 1 aromatic carbocycles. The maximum atomic E-state index is 13.6. The fourth-order valence-corrected chi connectivity index (χ4v) is 1.88. The van der Waals surface area contributed by atoms with Gasteiger partial charge >= 0.3 is 5.97 Å². The van der Waals surface area contributed by atoms with Crippen LogP contribution in [0, 0.1) is 5.82 Å². The summed E-state index contributed by atoms with van der Waals surface area (Å²) >= 11 is 0. The maximum absolute atomic E-state index is 13.6. The molecular formula is C15H14FNO3. The summed E-state index contributed by atoms with van der Waals surface area (Å²) in [5.74, 6) is -2.18. The SMILES string of the molecule is CC(C)(Oc1cccc(F)c1C(=O)O)c1ccncc1. The summed E-state index contributed by atoms with van der Waals surface area (Å²) in [5, 5.41) is 9.08. The van der Waals surface area contributed by atoms with Gasteiger partial charge in [-0.25, -0.2) is 9.18 Å². The second-order valence-corrected chi connectivity index (χ2v) is 4.77. The third-order valence-electron chi connectivity index (χ3n) is 2.93. The molecule has 1 N–H and O–H groups in total. The summed E-state index contributed by atoms with van der Waals surface area (Å²) in [4.78, 5) is 15.1. The number of aromatic nitrogens is 1. The van der Waals surface area contributed by atoms with Crippen LogP contribution >= 0.6 is 0 Å². The van der Waals surface area contributed by atoms with Crippen molar-refractivity contribution < 1.29 is 19.0 Å². The monoisotopic (exact) mass is 275 g/mol. The molecule has 1 aromatic heterocycles. The van der Waals surface area contributed by atoms with E-state index in [-0.39, 0.29) is 5.75 Å². The number of carboxylic acids is 1. The quantitative estimate of drug-likeness (QED) is 0.930. The van der Waals surface area contributed by atoms with Gasteiger partial charge in [0.25, 0.3) is 0 Å². The highest BCUT2D eigenvalue weighted by molar-refractivity contribution is 5.91. The van der Waals surface area contributed by atoms with Gasteiger partial charge in [-0.2, -0.15) is 0 Å². The Morgan fingerprint density at radius 2 is 1.90 bits per heavy atom. The number of halogens is 1. The molecule has 0 fully saturated rings. The molecule has 5 heteroatoms. The molecule has 0 aliphatic heterocycles. The Bertz CT molecular complexity index is 626. The normalized spacial score (nSPS) is 11.2. The number of hydrogen-bond acceptors (Lipinski definition) is 3. The zero-order valence-corrected chi connectivity index (χ0v) is 11.1. The van der Waals surface area contributed by atoms with Gasteiger partial charge in [-0.1, -0.05) is 6.07 Å². The predicted octanol–water partition coefficient (Wildman–Crippen LogP) is 3.23. The summed E-state index contributed by atoms with van der Waals surface area (Å²) in [6, 6.07) is 7.48. The zero-order chi connectivity index (χ0) is 14.8. The molecule has 4 nitrogen and oxygen atoms in total. The van der Waals surface area contributed by atoms with Gasteiger partial charge in [0, 0.05) is 12.4 Å². The standard InChI is InChI=1S/C15H14FNO3/c1-15(2,10-6-8-17-9-7-10)20-12-5-3-4-11(16)13(12)14(18)19/h3-9H,1-2H3,(H,18,19). The van der Waals surface area contributed by atoms with E-state index in [9.17, 15) is 9.18 Å². The van der Waals surface area contributed by atoms with Gasteiger partial charge in [-0.05, 0) is 43.7 Å². The van der Waals surface area contributed by atoms with E-state index in [1.165, 1.54) is 12.1 Å². The van der Waals surface area contributed by atoms with Crippen molar-refractivity contribution in [2.75, 3.05) is 0 Å². The van der Waals surface area contributed by atoms with Crippen molar-refractivity contribution in [1.29, 1.82) is 0 Å². The number of nitrogens with zero attached hydrogens (tertiary/aromatic N) is 1. The fraction of sp³-hybridized carbons (Fsp3) is 0.200. The van der Waals surface area contributed by atoms with Gasteiger partial charge in [0.2, 0.25) is 0 Å². The lowest BCUT2D eigenvalue weighted by Gasteiger charge is -2.27. The summed E-state index contributed by atoms with van der Waals surface area (Å²) in [5.41, 5.74) is -0.455.